The van der Waals surface area contributed by atoms with Gasteiger partial charge in [-0.05, 0) is 24.6 Å². The molecule has 0 radical (unpaired) electrons. The lowest BCUT2D eigenvalue weighted by molar-refractivity contribution is -0.142. The number of carbonyl (C=O) groups excluding carboxylic acids is 1. The molecule has 0 bridgehead atoms. The van der Waals surface area contributed by atoms with E-state index in [0.29, 0.717) is 12.4 Å². The lowest BCUT2D eigenvalue weighted by Gasteiger charge is -2.04. The first-order chi connectivity index (χ1) is 7.26. The average Bonchev–Trinajstić information content (AvgIpc) is 2.22. The number of esters is 1. The number of carbonyl (C=O) groups is 1. The quantitative estimate of drug-likeness (QED) is 0.584. The van der Waals surface area contributed by atoms with Gasteiger partial charge in [0.2, 0.25) is 0 Å². The molecule has 1 rings (SSSR count). The van der Waals surface area contributed by atoms with Gasteiger partial charge < -0.3 is 14.6 Å². The summed E-state index contributed by atoms with van der Waals surface area (Å²) in [6.07, 6.45) is 0.257. The van der Waals surface area contributed by atoms with Crippen molar-refractivity contribution in [2.75, 3.05) is 13.4 Å². The van der Waals surface area contributed by atoms with Crippen molar-refractivity contribution < 1.29 is 19.4 Å². The van der Waals surface area contributed by atoms with Crippen LogP contribution in [0.4, 0.5) is 0 Å². The second-order valence-electron chi connectivity index (χ2n) is 2.90. The van der Waals surface area contributed by atoms with Crippen molar-refractivity contribution in [3.63, 3.8) is 0 Å². The Morgan fingerprint density at radius 1 is 1.33 bits per heavy atom. The summed E-state index contributed by atoms with van der Waals surface area (Å²) >= 11 is 0. The second-order valence-corrected chi connectivity index (χ2v) is 2.90. The van der Waals surface area contributed by atoms with Gasteiger partial charge in [0.25, 0.3) is 0 Å². The molecule has 4 nitrogen and oxygen atoms in total. The highest BCUT2D eigenvalue weighted by molar-refractivity contribution is 5.72. The zero-order valence-electron chi connectivity index (χ0n) is 8.60. The molecule has 0 amide bonds. The molecule has 0 aliphatic carbocycles. The molecule has 0 saturated heterocycles. The summed E-state index contributed by atoms with van der Waals surface area (Å²) in [6.45, 7) is 1.82. The van der Waals surface area contributed by atoms with Gasteiger partial charge in [0.15, 0.2) is 6.79 Å². The molecular weight excluding hydrogens is 196 g/mol. The first-order valence-electron chi connectivity index (χ1n) is 4.74. The normalized spacial score (nSPS) is 9.73. The maximum absolute atomic E-state index is 11.1. The van der Waals surface area contributed by atoms with Crippen LogP contribution in [0, 0.1) is 0 Å². The number of aliphatic hydroxyl groups excluding tert-OH is 1. The molecule has 1 N–H and O–H groups in total. The molecule has 0 spiro atoms. The third-order valence-corrected chi connectivity index (χ3v) is 1.81. The Bertz CT molecular complexity index is 305. The van der Waals surface area contributed by atoms with Crippen LogP contribution in [0.15, 0.2) is 24.3 Å². The van der Waals surface area contributed by atoms with Crippen molar-refractivity contribution in [3.8, 4) is 5.75 Å². The van der Waals surface area contributed by atoms with Gasteiger partial charge in [0.1, 0.15) is 5.75 Å². The van der Waals surface area contributed by atoms with Gasteiger partial charge in [-0.25, -0.2) is 0 Å². The zero-order chi connectivity index (χ0) is 11.1. The lowest BCUT2D eigenvalue weighted by atomic mass is 10.1. The van der Waals surface area contributed by atoms with E-state index >= 15 is 0 Å². The SMILES string of the molecule is CCOC(=O)Cc1ccc(OCO)cc1. The van der Waals surface area contributed by atoms with E-state index in [1.54, 1.807) is 31.2 Å². The molecule has 0 aromatic heterocycles. The minimum Gasteiger partial charge on any atom is -0.468 e. The Hall–Kier alpha value is -1.55. The third kappa shape index (κ3) is 3.99. The topological polar surface area (TPSA) is 55.8 Å². The molecule has 0 aliphatic rings. The van der Waals surface area contributed by atoms with Gasteiger partial charge in [-0.2, -0.15) is 0 Å². The first-order valence-corrected chi connectivity index (χ1v) is 4.74. The van der Waals surface area contributed by atoms with Gasteiger partial charge in [0, 0.05) is 0 Å². The highest BCUT2D eigenvalue weighted by Gasteiger charge is 2.03. The molecular formula is C11H14O4. The average molecular weight is 210 g/mol. The van der Waals surface area contributed by atoms with Crippen LogP contribution in [-0.2, 0) is 16.0 Å². The summed E-state index contributed by atoms with van der Waals surface area (Å²) in [4.78, 5) is 11.1. The summed E-state index contributed by atoms with van der Waals surface area (Å²) in [7, 11) is 0. The smallest absolute Gasteiger partial charge is 0.310 e. The predicted octanol–water partition coefficient (Wildman–Crippen LogP) is 1.12. The maximum atomic E-state index is 11.1. The zero-order valence-corrected chi connectivity index (χ0v) is 8.60. The summed E-state index contributed by atoms with van der Waals surface area (Å²) in [6, 6.07) is 6.93. The van der Waals surface area contributed by atoms with Crippen LogP contribution in [0.2, 0.25) is 0 Å². The van der Waals surface area contributed by atoms with Crippen LogP contribution in [0.5, 0.6) is 5.75 Å². The van der Waals surface area contributed by atoms with Crippen LogP contribution < -0.4 is 4.74 Å². The van der Waals surface area contributed by atoms with E-state index in [0.717, 1.165) is 5.56 Å². The van der Waals surface area contributed by atoms with Gasteiger partial charge in [-0.3, -0.25) is 4.79 Å². The number of rotatable bonds is 5. The summed E-state index contributed by atoms with van der Waals surface area (Å²) < 4.78 is 9.67. The first kappa shape index (κ1) is 11.5. The number of hydrogen-bond donors (Lipinski definition) is 1. The van der Waals surface area contributed by atoms with Crippen molar-refractivity contribution in [1.82, 2.24) is 0 Å². The van der Waals surface area contributed by atoms with Crippen molar-refractivity contribution in [2.45, 2.75) is 13.3 Å². The van der Waals surface area contributed by atoms with E-state index in [9.17, 15) is 4.79 Å². The fraction of sp³-hybridized carbons (Fsp3) is 0.364. The monoisotopic (exact) mass is 210 g/mol. The third-order valence-electron chi connectivity index (χ3n) is 1.81. The molecule has 0 aliphatic heterocycles. The van der Waals surface area contributed by atoms with Crippen LogP contribution in [0.25, 0.3) is 0 Å². The molecule has 15 heavy (non-hydrogen) atoms. The fourth-order valence-corrected chi connectivity index (χ4v) is 1.16. The van der Waals surface area contributed by atoms with Crippen LogP contribution in [0.3, 0.4) is 0 Å². The Morgan fingerprint density at radius 3 is 2.53 bits per heavy atom. The highest BCUT2D eigenvalue weighted by Crippen LogP contribution is 2.12. The van der Waals surface area contributed by atoms with Crippen LogP contribution in [0.1, 0.15) is 12.5 Å². The Morgan fingerprint density at radius 2 is 2.00 bits per heavy atom. The molecule has 1 aromatic rings. The predicted molar refractivity (Wildman–Crippen MR) is 54.5 cm³/mol. The summed E-state index contributed by atoms with van der Waals surface area (Å²) in [5, 5.41) is 8.51. The molecule has 0 heterocycles. The summed E-state index contributed by atoms with van der Waals surface area (Å²) in [5.41, 5.74) is 0.860. The minimum absolute atomic E-state index is 0.242. The van der Waals surface area contributed by atoms with E-state index in [1.165, 1.54) is 0 Å². The molecule has 4 heteroatoms. The molecule has 0 saturated carbocycles. The lowest BCUT2D eigenvalue weighted by Crippen LogP contribution is -2.07. The van der Waals surface area contributed by atoms with Gasteiger partial charge in [-0.1, -0.05) is 12.1 Å². The largest absolute Gasteiger partial charge is 0.468 e. The molecule has 82 valence electrons. The fourth-order valence-electron chi connectivity index (χ4n) is 1.16. The maximum Gasteiger partial charge on any atom is 0.310 e. The number of ether oxygens (including phenoxy) is 2. The van der Waals surface area contributed by atoms with Crippen molar-refractivity contribution in [1.29, 1.82) is 0 Å². The minimum atomic E-state index is -0.350. The Balaban J connectivity index is 2.52. The van der Waals surface area contributed by atoms with E-state index in [-0.39, 0.29) is 19.2 Å². The number of hydrogen-bond acceptors (Lipinski definition) is 4. The molecule has 0 unspecified atom stereocenters. The second kappa shape index (κ2) is 6.03. The van der Waals surface area contributed by atoms with E-state index in [2.05, 4.69) is 0 Å². The van der Waals surface area contributed by atoms with Crippen molar-refractivity contribution >= 4 is 5.97 Å². The van der Waals surface area contributed by atoms with Gasteiger partial charge in [0.05, 0.1) is 13.0 Å². The number of benzene rings is 1. The van der Waals surface area contributed by atoms with Gasteiger partial charge >= 0.3 is 5.97 Å². The highest BCUT2D eigenvalue weighted by atomic mass is 16.6. The van der Waals surface area contributed by atoms with Crippen molar-refractivity contribution in [3.05, 3.63) is 29.8 Å². The van der Waals surface area contributed by atoms with Crippen LogP contribution >= 0.6 is 0 Å². The van der Waals surface area contributed by atoms with E-state index in [1.807, 2.05) is 0 Å². The molecule has 0 fully saturated rings. The Kier molecular flexibility index (Phi) is 4.63. The number of aliphatic hydroxyl groups is 1. The molecule has 0 atom stereocenters. The Labute approximate surface area is 88.4 Å². The van der Waals surface area contributed by atoms with Crippen LogP contribution in [-0.4, -0.2) is 24.5 Å². The van der Waals surface area contributed by atoms with E-state index in [4.69, 9.17) is 14.6 Å². The summed E-state index contributed by atoms with van der Waals surface area (Å²) in [5.74, 6) is 0.332. The van der Waals surface area contributed by atoms with Crippen molar-refractivity contribution in [2.24, 2.45) is 0 Å². The van der Waals surface area contributed by atoms with E-state index < -0.39 is 0 Å². The van der Waals surface area contributed by atoms with Gasteiger partial charge in [-0.15, -0.1) is 0 Å². The molecule has 1 aromatic carbocycles. The standard InChI is InChI=1S/C11H14O4/c1-2-14-11(13)7-9-3-5-10(6-4-9)15-8-12/h3-6,12H,2,7-8H2,1H3.